The lowest BCUT2D eigenvalue weighted by Crippen LogP contribution is -2.22. The van der Waals surface area contributed by atoms with E-state index in [1.165, 1.54) is 19.3 Å². The van der Waals surface area contributed by atoms with Gasteiger partial charge in [0.05, 0.1) is 12.2 Å². The van der Waals surface area contributed by atoms with Crippen molar-refractivity contribution in [2.75, 3.05) is 6.54 Å². The molecule has 82 valence electrons. The number of allylic oxidation sites excluding steroid dienone is 2. The van der Waals surface area contributed by atoms with Crippen LogP contribution in [0, 0.1) is 12.8 Å². The molecule has 1 aromatic rings. The zero-order valence-electron chi connectivity index (χ0n) is 9.20. The first-order valence-corrected chi connectivity index (χ1v) is 5.62. The van der Waals surface area contributed by atoms with Crippen LogP contribution in [0.15, 0.2) is 22.7 Å². The minimum atomic E-state index is 0.791. The molecule has 1 heterocycles. The lowest BCUT2D eigenvalue weighted by molar-refractivity contribution is 0.358. The second-order valence-corrected chi connectivity index (χ2v) is 4.22. The molecule has 0 radical (unpaired) electrons. The van der Waals surface area contributed by atoms with E-state index in [1.807, 2.05) is 13.0 Å². The van der Waals surface area contributed by atoms with Crippen LogP contribution in [0.5, 0.6) is 0 Å². The standard InChI is InChI=1S/C12H18N2O/c1-10-7-12(15-14-10)9-13-8-11-5-3-2-4-6-11/h2-3,7,11,13H,4-6,8-9H2,1H3. The lowest BCUT2D eigenvalue weighted by Gasteiger charge is -2.17. The Morgan fingerprint density at radius 2 is 2.47 bits per heavy atom. The number of nitrogens with one attached hydrogen (secondary N) is 1. The highest BCUT2D eigenvalue weighted by molar-refractivity contribution is 5.02. The Morgan fingerprint density at radius 1 is 1.53 bits per heavy atom. The molecule has 0 bridgehead atoms. The van der Waals surface area contributed by atoms with Crippen LogP contribution in [0.1, 0.15) is 30.7 Å². The number of rotatable bonds is 4. The van der Waals surface area contributed by atoms with Gasteiger partial charge in [-0.25, -0.2) is 0 Å². The van der Waals surface area contributed by atoms with Crippen molar-refractivity contribution in [3.8, 4) is 0 Å². The Morgan fingerprint density at radius 3 is 3.13 bits per heavy atom. The Labute approximate surface area is 90.5 Å². The van der Waals surface area contributed by atoms with Crippen LogP contribution in [0.3, 0.4) is 0 Å². The van der Waals surface area contributed by atoms with E-state index in [-0.39, 0.29) is 0 Å². The number of nitrogens with zero attached hydrogens (tertiary/aromatic N) is 1. The van der Waals surface area contributed by atoms with E-state index in [2.05, 4.69) is 22.6 Å². The Bertz CT molecular complexity index is 330. The molecule has 0 amide bonds. The molecule has 3 heteroatoms. The van der Waals surface area contributed by atoms with Gasteiger partial charge in [0.15, 0.2) is 5.76 Å². The normalized spacial score (nSPS) is 20.7. The van der Waals surface area contributed by atoms with Gasteiger partial charge in [-0.3, -0.25) is 0 Å². The summed E-state index contributed by atoms with van der Waals surface area (Å²) in [6.45, 7) is 3.81. The summed E-state index contributed by atoms with van der Waals surface area (Å²) < 4.78 is 5.13. The topological polar surface area (TPSA) is 38.1 Å². The van der Waals surface area contributed by atoms with E-state index in [0.29, 0.717) is 0 Å². The third-order valence-corrected chi connectivity index (χ3v) is 2.79. The Balaban J connectivity index is 1.68. The van der Waals surface area contributed by atoms with Crippen molar-refractivity contribution in [3.05, 3.63) is 29.7 Å². The zero-order chi connectivity index (χ0) is 10.5. The highest BCUT2D eigenvalue weighted by atomic mass is 16.5. The molecule has 0 saturated heterocycles. The Kier molecular flexibility index (Phi) is 3.56. The average molecular weight is 206 g/mol. The van der Waals surface area contributed by atoms with Crippen molar-refractivity contribution in [1.82, 2.24) is 10.5 Å². The summed E-state index contributed by atoms with van der Waals surface area (Å²) >= 11 is 0. The van der Waals surface area contributed by atoms with Gasteiger partial charge >= 0.3 is 0 Å². The first-order chi connectivity index (χ1) is 7.34. The SMILES string of the molecule is Cc1cc(CNCC2CC=CCC2)on1. The first kappa shape index (κ1) is 10.4. The molecule has 0 aromatic carbocycles. The van der Waals surface area contributed by atoms with Gasteiger partial charge in [-0.15, -0.1) is 0 Å². The van der Waals surface area contributed by atoms with Gasteiger partial charge in [-0.05, 0) is 38.6 Å². The predicted molar refractivity (Wildman–Crippen MR) is 59.4 cm³/mol. The fourth-order valence-corrected chi connectivity index (χ4v) is 1.94. The van der Waals surface area contributed by atoms with E-state index in [9.17, 15) is 0 Å². The third-order valence-electron chi connectivity index (χ3n) is 2.79. The molecule has 0 aliphatic heterocycles. The van der Waals surface area contributed by atoms with Crippen LogP contribution in [-0.4, -0.2) is 11.7 Å². The molecule has 1 aromatic heterocycles. The van der Waals surface area contributed by atoms with E-state index < -0.39 is 0 Å². The number of aromatic nitrogens is 1. The lowest BCUT2D eigenvalue weighted by atomic mass is 9.94. The summed E-state index contributed by atoms with van der Waals surface area (Å²) in [5.41, 5.74) is 0.951. The van der Waals surface area contributed by atoms with Gasteiger partial charge in [0, 0.05) is 6.07 Å². The van der Waals surface area contributed by atoms with Crippen molar-refractivity contribution in [1.29, 1.82) is 0 Å². The molecule has 1 unspecified atom stereocenters. The van der Waals surface area contributed by atoms with Gasteiger partial charge in [0.1, 0.15) is 0 Å². The number of aryl methyl sites for hydroxylation is 1. The summed E-state index contributed by atoms with van der Waals surface area (Å²) in [5.74, 6) is 1.72. The fourth-order valence-electron chi connectivity index (χ4n) is 1.94. The third kappa shape index (κ3) is 3.20. The average Bonchev–Trinajstić information content (AvgIpc) is 2.66. The van der Waals surface area contributed by atoms with Crippen LogP contribution in [0.4, 0.5) is 0 Å². The van der Waals surface area contributed by atoms with Crippen molar-refractivity contribution in [2.45, 2.75) is 32.7 Å². The molecule has 2 rings (SSSR count). The van der Waals surface area contributed by atoms with Crippen LogP contribution in [-0.2, 0) is 6.54 Å². The van der Waals surface area contributed by atoms with Crippen molar-refractivity contribution in [2.24, 2.45) is 5.92 Å². The molecule has 0 saturated carbocycles. The van der Waals surface area contributed by atoms with Gasteiger partial charge in [-0.2, -0.15) is 0 Å². The summed E-state index contributed by atoms with van der Waals surface area (Å²) in [6, 6.07) is 1.98. The molecule has 1 atom stereocenters. The van der Waals surface area contributed by atoms with Crippen molar-refractivity contribution >= 4 is 0 Å². The van der Waals surface area contributed by atoms with Crippen molar-refractivity contribution in [3.63, 3.8) is 0 Å². The first-order valence-electron chi connectivity index (χ1n) is 5.62. The van der Waals surface area contributed by atoms with Crippen LogP contribution >= 0.6 is 0 Å². The smallest absolute Gasteiger partial charge is 0.150 e. The highest BCUT2D eigenvalue weighted by Crippen LogP contribution is 2.17. The van der Waals surface area contributed by atoms with Gasteiger partial charge in [0.2, 0.25) is 0 Å². The van der Waals surface area contributed by atoms with Crippen molar-refractivity contribution < 1.29 is 4.52 Å². The minimum absolute atomic E-state index is 0.791. The maximum absolute atomic E-state index is 5.13. The second-order valence-electron chi connectivity index (χ2n) is 4.22. The van der Waals surface area contributed by atoms with Gasteiger partial charge in [0.25, 0.3) is 0 Å². The molecular weight excluding hydrogens is 188 g/mol. The Hall–Kier alpha value is -1.09. The summed E-state index contributed by atoms with van der Waals surface area (Å²) in [7, 11) is 0. The van der Waals surface area contributed by atoms with E-state index in [1.54, 1.807) is 0 Å². The predicted octanol–water partition coefficient (Wildman–Crippen LogP) is 2.43. The fraction of sp³-hybridized carbons (Fsp3) is 0.583. The zero-order valence-corrected chi connectivity index (χ0v) is 9.20. The van der Waals surface area contributed by atoms with Gasteiger partial charge < -0.3 is 9.84 Å². The number of hydrogen-bond donors (Lipinski definition) is 1. The van der Waals surface area contributed by atoms with E-state index in [0.717, 1.165) is 30.5 Å². The van der Waals surface area contributed by atoms with Crippen LogP contribution < -0.4 is 5.32 Å². The molecule has 0 fully saturated rings. The van der Waals surface area contributed by atoms with E-state index >= 15 is 0 Å². The van der Waals surface area contributed by atoms with E-state index in [4.69, 9.17) is 4.52 Å². The second kappa shape index (κ2) is 5.12. The summed E-state index contributed by atoms with van der Waals surface area (Å²) in [4.78, 5) is 0. The summed E-state index contributed by atoms with van der Waals surface area (Å²) in [5, 5.41) is 7.27. The quantitative estimate of drug-likeness (QED) is 0.769. The maximum Gasteiger partial charge on any atom is 0.150 e. The molecule has 1 N–H and O–H groups in total. The summed E-state index contributed by atoms with van der Waals surface area (Å²) in [6.07, 6.45) is 8.31. The van der Waals surface area contributed by atoms with Crippen LogP contribution in [0.25, 0.3) is 0 Å². The molecule has 3 nitrogen and oxygen atoms in total. The maximum atomic E-state index is 5.13. The molecule has 1 aliphatic carbocycles. The minimum Gasteiger partial charge on any atom is -0.360 e. The van der Waals surface area contributed by atoms with Crippen LogP contribution in [0.2, 0.25) is 0 Å². The molecule has 15 heavy (non-hydrogen) atoms. The van der Waals surface area contributed by atoms with Gasteiger partial charge in [-0.1, -0.05) is 17.3 Å². The molecule has 0 spiro atoms. The molecule has 1 aliphatic rings. The highest BCUT2D eigenvalue weighted by Gasteiger charge is 2.09. The number of hydrogen-bond acceptors (Lipinski definition) is 3. The monoisotopic (exact) mass is 206 g/mol. The largest absolute Gasteiger partial charge is 0.360 e. The molecular formula is C12H18N2O.